The number of nitrogens with zero attached hydrogens (tertiary/aromatic N) is 7. The number of hydrogen-bond acceptors (Lipinski definition) is 8. The van der Waals surface area contributed by atoms with Gasteiger partial charge in [-0.15, -0.1) is 0 Å². The number of nitriles is 2. The highest BCUT2D eigenvalue weighted by Crippen LogP contribution is 2.36. The summed E-state index contributed by atoms with van der Waals surface area (Å²) in [5.74, 6) is -0.305. The molecule has 0 aliphatic carbocycles. The van der Waals surface area contributed by atoms with Crippen molar-refractivity contribution in [2.45, 2.75) is 19.0 Å². The lowest BCUT2D eigenvalue weighted by Gasteiger charge is -2.24. The minimum Gasteiger partial charge on any atom is -0.334 e. The van der Waals surface area contributed by atoms with Gasteiger partial charge in [0.1, 0.15) is 18.1 Å². The molecule has 1 N–H and O–H groups in total. The van der Waals surface area contributed by atoms with Crippen LogP contribution in [0.1, 0.15) is 16.7 Å². The fraction of sp³-hybridized carbons (Fsp3) is 0.192. The van der Waals surface area contributed by atoms with Crippen LogP contribution in [0.25, 0.3) is 11.3 Å². The van der Waals surface area contributed by atoms with Gasteiger partial charge in [0.05, 0.1) is 23.4 Å². The predicted octanol–water partition coefficient (Wildman–Crippen LogP) is 3.18. The van der Waals surface area contributed by atoms with Gasteiger partial charge in [-0.2, -0.15) is 15.5 Å². The van der Waals surface area contributed by atoms with Crippen LogP contribution in [0, 0.1) is 28.6 Å². The number of nitrogens with one attached hydrogen (secondary N) is 1. The number of aromatic nitrogens is 2. The lowest BCUT2D eigenvalue weighted by Crippen LogP contribution is -2.39. The maximum atomic E-state index is 14.1. The van der Waals surface area contributed by atoms with E-state index in [4.69, 9.17) is 5.26 Å². The van der Waals surface area contributed by atoms with Crippen LogP contribution in [0.3, 0.4) is 0 Å². The smallest absolute Gasteiger partial charge is 0.231 e. The zero-order chi connectivity index (χ0) is 25.2. The summed E-state index contributed by atoms with van der Waals surface area (Å²) in [7, 11) is 1.77. The predicted molar refractivity (Wildman–Crippen MR) is 130 cm³/mol. The standard InChI is InChI=1S/C26H21FN8O/c1-33-23(8-10-34(33)16-29)32-26-30-9-6-22(31-26)19-12-18-7-11-35(25(18)20(13-19)15-28)24(36)14-17-4-2-3-5-21(17)27/h2-6,8-10,12-13,23H,7,11,14H2,1H3,(H,30,31,32). The van der Waals surface area contributed by atoms with Crippen LogP contribution in [0.15, 0.2) is 60.9 Å². The highest BCUT2D eigenvalue weighted by atomic mass is 19.1. The first-order chi connectivity index (χ1) is 17.5. The minimum atomic E-state index is -0.422. The second-order valence-corrected chi connectivity index (χ2v) is 8.42. The van der Waals surface area contributed by atoms with E-state index in [1.165, 1.54) is 11.1 Å². The van der Waals surface area contributed by atoms with Crippen molar-refractivity contribution in [1.82, 2.24) is 20.0 Å². The van der Waals surface area contributed by atoms with Crippen LogP contribution in [-0.2, 0) is 17.6 Å². The Kier molecular flexibility index (Phi) is 6.03. The fourth-order valence-corrected chi connectivity index (χ4v) is 4.42. The number of hydrogen-bond donors (Lipinski definition) is 1. The maximum absolute atomic E-state index is 14.1. The summed E-state index contributed by atoms with van der Waals surface area (Å²) in [5, 5.41) is 25.3. The molecular weight excluding hydrogens is 459 g/mol. The first kappa shape index (κ1) is 23.0. The molecule has 1 unspecified atom stereocenters. The van der Waals surface area contributed by atoms with E-state index in [1.807, 2.05) is 18.3 Å². The third-order valence-corrected chi connectivity index (χ3v) is 6.27. The molecule has 178 valence electrons. The zero-order valence-corrected chi connectivity index (χ0v) is 19.4. The molecule has 1 atom stereocenters. The Bertz CT molecular complexity index is 1460. The number of benzene rings is 2. The lowest BCUT2D eigenvalue weighted by molar-refractivity contribution is -0.117. The lowest BCUT2D eigenvalue weighted by atomic mass is 10.0. The highest BCUT2D eigenvalue weighted by molar-refractivity contribution is 5.98. The molecule has 1 aromatic heterocycles. The Morgan fingerprint density at radius 1 is 1.25 bits per heavy atom. The number of halogens is 1. The van der Waals surface area contributed by atoms with Crippen molar-refractivity contribution in [3.05, 3.63) is 83.4 Å². The second-order valence-electron chi connectivity index (χ2n) is 8.42. The van der Waals surface area contributed by atoms with Crippen LogP contribution >= 0.6 is 0 Å². The zero-order valence-electron chi connectivity index (χ0n) is 19.4. The number of likely N-dealkylation sites (N-methyl/N-ethyl adjacent to an activating group) is 1. The first-order valence-corrected chi connectivity index (χ1v) is 11.3. The van der Waals surface area contributed by atoms with E-state index in [9.17, 15) is 14.4 Å². The van der Waals surface area contributed by atoms with Gasteiger partial charge in [0.2, 0.25) is 11.9 Å². The van der Waals surface area contributed by atoms with Crippen molar-refractivity contribution in [2.75, 3.05) is 23.8 Å². The number of anilines is 2. The highest BCUT2D eigenvalue weighted by Gasteiger charge is 2.29. The third-order valence-electron chi connectivity index (χ3n) is 6.27. The van der Waals surface area contributed by atoms with Gasteiger partial charge in [-0.05, 0) is 47.9 Å². The molecule has 0 fully saturated rings. The molecule has 2 aliphatic heterocycles. The Balaban J connectivity index is 1.40. The fourth-order valence-electron chi connectivity index (χ4n) is 4.42. The molecule has 10 heteroatoms. The number of fused-ring (bicyclic) bond motifs is 1. The van der Waals surface area contributed by atoms with Gasteiger partial charge >= 0.3 is 0 Å². The van der Waals surface area contributed by atoms with E-state index in [-0.39, 0.29) is 18.5 Å². The van der Waals surface area contributed by atoms with Crippen molar-refractivity contribution in [2.24, 2.45) is 0 Å². The quantitative estimate of drug-likeness (QED) is 0.554. The van der Waals surface area contributed by atoms with E-state index in [0.29, 0.717) is 41.4 Å². The van der Waals surface area contributed by atoms with Crippen LogP contribution < -0.4 is 10.2 Å². The van der Waals surface area contributed by atoms with E-state index in [2.05, 4.69) is 21.4 Å². The Hall–Kier alpha value is -4.80. The maximum Gasteiger partial charge on any atom is 0.231 e. The molecule has 3 aromatic rings. The van der Waals surface area contributed by atoms with Crippen LogP contribution in [0.2, 0.25) is 0 Å². The van der Waals surface area contributed by atoms with Gasteiger partial charge in [-0.25, -0.2) is 19.4 Å². The normalized spacial score (nSPS) is 16.5. The molecule has 2 aliphatic rings. The Morgan fingerprint density at radius 3 is 2.83 bits per heavy atom. The summed E-state index contributed by atoms with van der Waals surface area (Å²) in [6.45, 7) is 0.424. The van der Waals surface area contributed by atoms with E-state index < -0.39 is 5.82 Å². The van der Waals surface area contributed by atoms with Crippen molar-refractivity contribution in [1.29, 1.82) is 10.5 Å². The summed E-state index contributed by atoms with van der Waals surface area (Å²) in [4.78, 5) is 23.5. The van der Waals surface area contributed by atoms with Crippen molar-refractivity contribution in [3.63, 3.8) is 0 Å². The SMILES string of the molecule is CN1C(Nc2nccc(-c3cc(C#N)c4c(c3)CCN4C(=O)Cc3ccccc3F)n2)C=CN1C#N. The van der Waals surface area contributed by atoms with Crippen LogP contribution in [0.4, 0.5) is 16.0 Å². The number of hydrazine groups is 1. The van der Waals surface area contributed by atoms with Crippen LogP contribution in [0.5, 0.6) is 0 Å². The Labute approximate surface area is 207 Å². The van der Waals surface area contributed by atoms with Gasteiger partial charge < -0.3 is 10.2 Å². The number of rotatable bonds is 5. The average Bonchev–Trinajstić information content (AvgIpc) is 3.48. The summed E-state index contributed by atoms with van der Waals surface area (Å²) in [5.41, 5.74) is 3.47. The van der Waals surface area contributed by atoms with Crippen molar-refractivity contribution >= 4 is 17.5 Å². The minimum absolute atomic E-state index is 0.0764. The average molecular weight is 481 g/mol. The molecule has 9 nitrogen and oxygen atoms in total. The molecule has 2 aromatic carbocycles. The van der Waals surface area contributed by atoms with E-state index in [1.54, 1.807) is 59.7 Å². The topological polar surface area (TPSA) is 112 Å². The van der Waals surface area contributed by atoms with Crippen LogP contribution in [-0.4, -0.2) is 45.7 Å². The molecule has 0 spiro atoms. The van der Waals surface area contributed by atoms with Gasteiger partial charge in [0.25, 0.3) is 0 Å². The number of carbonyl (C=O) groups is 1. The molecule has 0 saturated carbocycles. The van der Waals surface area contributed by atoms with Gasteiger partial charge in [0.15, 0.2) is 6.19 Å². The van der Waals surface area contributed by atoms with Gasteiger partial charge in [-0.1, -0.05) is 18.2 Å². The molecule has 0 saturated heterocycles. The third kappa shape index (κ3) is 4.22. The molecular formula is C26H21FN8O. The van der Waals surface area contributed by atoms with Gasteiger partial charge in [-0.3, -0.25) is 4.79 Å². The summed E-state index contributed by atoms with van der Waals surface area (Å²) in [6, 6.07) is 13.8. The summed E-state index contributed by atoms with van der Waals surface area (Å²) >= 11 is 0. The molecule has 1 amide bonds. The molecule has 36 heavy (non-hydrogen) atoms. The largest absolute Gasteiger partial charge is 0.334 e. The van der Waals surface area contributed by atoms with Crippen molar-refractivity contribution in [3.8, 4) is 23.5 Å². The monoisotopic (exact) mass is 480 g/mol. The molecule has 0 radical (unpaired) electrons. The number of carbonyl (C=O) groups excluding carboxylic acids is 1. The van der Waals surface area contributed by atoms with E-state index >= 15 is 0 Å². The molecule has 3 heterocycles. The molecule has 5 rings (SSSR count). The molecule has 0 bridgehead atoms. The Morgan fingerprint density at radius 2 is 2.08 bits per heavy atom. The summed E-state index contributed by atoms with van der Waals surface area (Å²) in [6.07, 6.45) is 7.35. The van der Waals surface area contributed by atoms with E-state index in [0.717, 1.165) is 11.1 Å². The van der Waals surface area contributed by atoms with Crippen molar-refractivity contribution < 1.29 is 9.18 Å². The first-order valence-electron chi connectivity index (χ1n) is 11.3. The van der Waals surface area contributed by atoms with Gasteiger partial charge in [0, 0.05) is 31.6 Å². The second kappa shape index (κ2) is 9.45. The summed E-state index contributed by atoms with van der Waals surface area (Å²) < 4.78 is 14.1. The number of amides is 1.